The molecule has 1 atom stereocenters. The molecule has 0 radical (unpaired) electrons. The minimum atomic E-state index is 0.0443. The lowest BCUT2D eigenvalue weighted by atomic mass is 10.0. The van der Waals surface area contributed by atoms with Gasteiger partial charge in [0.15, 0.2) is 0 Å². The molecule has 1 amide bonds. The van der Waals surface area contributed by atoms with Crippen molar-refractivity contribution in [2.24, 2.45) is 5.92 Å². The molecule has 0 aliphatic heterocycles. The summed E-state index contributed by atoms with van der Waals surface area (Å²) in [5.74, 6) is 0.583. The van der Waals surface area contributed by atoms with Gasteiger partial charge in [0.1, 0.15) is 0 Å². The Labute approximate surface area is 124 Å². The number of hydrogen-bond acceptors (Lipinski definition) is 1. The standard InChI is InChI=1S/C18H29NO/c1-4-6-7-8-9-16-10-12-17(13-11-16)18(20)19-14-15(3)5-2/h10-13,15H,4-9,14H2,1-3H3,(H,19,20). The smallest absolute Gasteiger partial charge is 0.251 e. The Bertz CT molecular complexity index is 383. The van der Waals surface area contributed by atoms with E-state index in [1.165, 1.54) is 31.2 Å². The van der Waals surface area contributed by atoms with Gasteiger partial charge in [-0.05, 0) is 36.5 Å². The Kier molecular flexibility index (Phi) is 8.01. The Hall–Kier alpha value is -1.31. The first-order valence-electron chi connectivity index (χ1n) is 8.04. The maximum atomic E-state index is 12.0. The molecular formula is C18H29NO. The Morgan fingerprint density at radius 1 is 1.10 bits per heavy atom. The first-order valence-corrected chi connectivity index (χ1v) is 8.04. The van der Waals surface area contributed by atoms with Crippen LogP contribution in [-0.4, -0.2) is 12.5 Å². The zero-order valence-corrected chi connectivity index (χ0v) is 13.2. The molecule has 1 aromatic carbocycles. The molecular weight excluding hydrogens is 246 g/mol. The zero-order valence-electron chi connectivity index (χ0n) is 13.2. The van der Waals surface area contributed by atoms with E-state index in [1.54, 1.807) is 0 Å². The van der Waals surface area contributed by atoms with E-state index in [-0.39, 0.29) is 5.91 Å². The predicted octanol–water partition coefficient (Wildman–Crippen LogP) is 4.59. The minimum Gasteiger partial charge on any atom is -0.352 e. The first kappa shape index (κ1) is 16.7. The van der Waals surface area contributed by atoms with Crippen LogP contribution < -0.4 is 5.32 Å². The normalized spacial score (nSPS) is 12.2. The van der Waals surface area contributed by atoms with Gasteiger partial charge in [-0.3, -0.25) is 4.79 Å². The largest absolute Gasteiger partial charge is 0.352 e. The van der Waals surface area contributed by atoms with Crippen LogP contribution in [0.5, 0.6) is 0 Å². The summed E-state index contributed by atoms with van der Waals surface area (Å²) in [5, 5.41) is 2.99. The molecule has 2 nitrogen and oxygen atoms in total. The van der Waals surface area contributed by atoms with Gasteiger partial charge in [0.2, 0.25) is 0 Å². The second-order valence-corrected chi connectivity index (χ2v) is 5.73. The maximum absolute atomic E-state index is 12.0. The molecule has 1 N–H and O–H groups in total. The highest BCUT2D eigenvalue weighted by molar-refractivity contribution is 5.94. The average molecular weight is 275 g/mol. The van der Waals surface area contributed by atoms with Crippen LogP contribution in [0.25, 0.3) is 0 Å². The number of carbonyl (C=O) groups is 1. The van der Waals surface area contributed by atoms with E-state index in [0.29, 0.717) is 5.92 Å². The average Bonchev–Trinajstić information content (AvgIpc) is 2.49. The number of amides is 1. The summed E-state index contributed by atoms with van der Waals surface area (Å²) in [5.41, 5.74) is 2.10. The zero-order chi connectivity index (χ0) is 14.8. The Morgan fingerprint density at radius 3 is 2.40 bits per heavy atom. The fourth-order valence-corrected chi connectivity index (χ4v) is 2.09. The van der Waals surface area contributed by atoms with Crippen molar-refractivity contribution in [3.05, 3.63) is 35.4 Å². The molecule has 0 saturated carbocycles. The predicted molar refractivity (Wildman–Crippen MR) is 86.1 cm³/mol. The summed E-state index contributed by atoms with van der Waals surface area (Å²) < 4.78 is 0. The number of nitrogens with one attached hydrogen (secondary N) is 1. The van der Waals surface area contributed by atoms with E-state index in [1.807, 2.05) is 12.1 Å². The molecule has 0 fully saturated rings. The van der Waals surface area contributed by atoms with Crippen molar-refractivity contribution >= 4 is 5.91 Å². The van der Waals surface area contributed by atoms with Gasteiger partial charge in [-0.15, -0.1) is 0 Å². The molecule has 0 spiro atoms. The highest BCUT2D eigenvalue weighted by atomic mass is 16.1. The lowest BCUT2D eigenvalue weighted by Crippen LogP contribution is -2.27. The minimum absolute atomic E-state index is 0.0443. The molecule has 0 bridgehead atoms. The van der Waals surface area contributed by atoms with Crippen molar-refractivity contribution in [3.63, 3.8) is 0 Å². The van der Waals surface area contributed by atoms with Crippen molar-refractivity contribution in [1.29, 1.82) is 0 Å². The van der Waals surface area contributed by atoms with E-state index in [2.05, 4.69) is 38.2 Å². The highest BCUT2D eigenvalue weighted by Gasteiger charge is 2.06. The van der Waals surface area contributed by atoms with Gasteiger partial charge in [0.05, 0.1) is 0 Å². The molecule has 0 aliphatic carbocycles. The van der Waals surface area contributed by atoms with Crippen molar-refractivity contribution in [1.82, 2.24) is 5.32 Å². The van der Waals surface area contributed by atoms with Gasteiger partial charge >= 0.3 is 0 Å². The van der Waals surface area contributed by atoms with Crippen molar-refractivity contribution < 1.29 is 4.79 Å². The van der Waals surface area contributed by atoms with E-state index in [0.717, 1.165) is 24.9 Å². The second kappa shape index (κ2) is 9.57. The number of hydrogen-bond donors (Lipinski definition) is 1. The SMILES string of the molecule is CCCCCCc1ccc(C(=O)NCC(C)CC)cc1. The van der Waals surface area contributed by atoms with E-state index >= 15 is 0 Å². The third kappa shape index (κ3) is 6.23. The molecule has 20 heavy (non-hydrogen) atoms. The van der Waals surface area contributed by atoms with E-state index in [9.17, 15) is 4.79 Å². The van der Waals surface area contributed by atoms with E-state index in [4.69, 9.17) is 0 Å². The molecule has 0 aliphatic rings. The van der Waals surface area contributed by atoms with Crippen LogP contribution in [0.2, 0.25) is 0 Å². The quantitative estimate of drug-likeness (QED) is 0.656. The summed E-state index contributed by atoms with van der Waals surface area (Å²) >= 11 is 0. The Balaban J connectivity index is 2.39. The summed E-state index contributed by atoms with van der Waals surface area (Å²) in [6, 6.07) is 8.07. The first-order chi connectivity index (χ1) is 9.67. The van der Waals surface area contributed by atoms with Crippen LogP contribution in [0, 0.1) is 5.92 Å². The van der Waals surface area contributed by atoms with Crippen molar-refractivity contribution in [2.75, 3.05) is 6.54 Å². The monoisotopic (exact) mass is 275 g/mol. The summed E-state index contributed by atoms with van der Waals surface area (Å²) in [6.07, 6.45) is 7.35. The van der Waals surface area contributed by atoms with Crippen LogP contribution >= 0.6 is 0 Å². The fourth-order valence-electron chi connectivity index (χ4n) is 2.09. The molecule has 1 aromatic rings. The van der Waals surface area contributed by atoms with Gasteiger partial charge < -0.3 is 5.32 Å². The number of aryl methyl sites for hydroxylation is 1. The molecule has 0 saturated heterocycles. The number of benzene rings is 1. The number of carbonyl (C=O) groups excluding carboxylic acids is 1. The molecule has 0 heterocycles. The van der Waals surface area contributed by atoms with Gasteiger partial charge in [-0.2, -0.15) is 0 Å². The lowest BCUT2D eigenvalue weighted by Gasteiger charge is -2.10. The van der Waals surface area contributed by atoms with Crippen molar-refractivity contribution in [2.45, 2.75) is 59.3 Å². The highest BCUT2D eigenvalue weighted by Crippen LogP contribution is 2.10. The molecule has 1 rings (SSSR count). The second-order valence-electron chi connectivity index (χ2n) is 5.73. The molecule has 1 unspecified atom stereocenters. The summed E-state index contributed by atoms with van der Waals surface area (Å²) in [4.78, 5) is 12.0. The summed E-state index contributed by atoms with van der Waals surface area (Å²) in [7, 11) is 0. The number of rotatable bonds is 9. The van der Waals surface area contributed by atoms with Crippen LogP contribution in [0.3, 0.4) is 0 Å². The van der Waals surface area contributed by atoms with Crippen LogP contribution in [0.15, 0.2) is 24.3 Å². The molecule has 0 aromatic heterocycles. The number of unbranched alkanes of at least 4 members (excludes halogenated alkanes) is 3. The third-order valence-corrected chi connectivity index (χ3v) is 3.84. The Morgan fingerprint density at radius 2 is 1.80 bits per heavy atom. The van der Waals surface area contributed by atoms with Crippen LogP contribution in [0.4, 0.5) is 0 Å². The topological polar surface area (TPSA) is 29.1 Å². The fraction of sp³-hybridized carbons (Fsp3) is 0.611. The van der Waals surface area contributed by atoms with E-state index < -0.39 is 0 Å². The summed E-state index contributed by atoms with van der Waals surface area (Å²) in [6.45, 7) is 7.28. The van der Waals surface area contributed by atoms with Gasteiger partial charge in [0.25, 0.3) is 5.91 Å². The molecule has 2 heteroatoms. The van der Waals surface area contributed by atoms with Gasteiger partial charge in [-0.1, -0.05) is 58.6 Å². The van der Waals surface area contributed by atoms with Gasteiger partial charge in [-0.25, -0.2) is 0 Å². The molecule has 112 valence electrons. The van der Waals surface area contributed by atoms with Crippen LogP contribution in [0.1, 0.15) is 68.8 Å². The third-order valence-electron chi connectivity index (χ3n) is 3.84. The maximum Gasteiger partial charge on any atom is 0.251 e. The lowest BCUT2D eigenvalue weighted by molar-refractivity contribution is 0.0948. The van der Waals surface area contributed by atoms with Gasteiger partial charge in [0, 0.05) is 12.1 Å². The van der Waals surface area contributed by atoms with Crippen molar-refractivity contribution in [3.8, 4) is 0 Å². The van der Waals surface area contributed by atoms with Crippen LogP contribution in [-0.2, 0) is 6.42 Å².